The lowest BCUT2D eigenvalue weighted by Gasteiger charge is -2.09. The Hall–Kier alpha value is -2.29. The molecule has 0 spiro atoms. The van der Waals surface area contributed by atoms with Crippen LogP contribution in [0.3, 0.4) is 0 Å². The van der Waals surface area contributed by atoms with Gasteiger partial charge in [-0.2, -0.15) is 0 Å². The summed E-state index contributed by atoms with van der Waals surface area (Å²) in [4.78, 5) is 12.1. The van der Waals surface area contributed by atoms with Crippen LogP contribution >= 0.6 is 0 Å². The smallest absolute Gasteiger partial charge is 0.236 e. The van der Waals surface area contributed by atoms with Crippen molar-refractivity contribution in [1.29, 1.82) is 0 Å². The molecule has 1 heterocycles. The maximum absolute atomic E-state index is 12.1. The molecule has 0 saturated heterocycles. The maximum Gasteiger partial charge on any atom is 0.236 e. The molecular formula is C19H25NO2. The van der Waals surface area contributed by atoms with Crippen molar-refractivity contribution in [2.45, 2.75) is 33.6 Å². The number of anilines is 1. The van der Waals surface area contributed by atoms with Crippen molar-refractivity contribution in [1.82, 2.24) is 0 Å². The Morgan fingerprint density at radius 1 is 0.955 bits per heavy atom. The normalized spacial score (nSPS) is 14.6. The van der Waals surface area contributed by atoms with E-state index in [1.807, 2.05) is 76.2 Å². The van der Waals surface area contributed by atoms with Gasteiger partial charge in [0.1, 0.15) is 5.75 Å². The van der Waals surface area contributed by atoms with Gasteiger partial charge in [-0.1, -0.05) is 58.0 Å². The first-order chi connectivity index (χ1) is 10.8. The van der Waals surface area contributed by atoms with Crippen molar-refractivity contribution >= 4 is 11.6 Å². The predicted molar refractivity (Wildman–Crippen MR) is 92.6 cm³/mol. The van der Waals surface area contributed by atoms with Gasteiger partial charge in [-0.3, -0.25) is 4.79 Å². The highest BCUT2D eigenvalue weighted by atomic mass is 16.5. The number of carbonyl (C=O) groups is 1. The van der Waals surface area contributed by atoms with Crippen LogP contribution in [0.15, 0.2) is 48.5 Å². The van der Waals surface area contributed by atoms with E-state index in [4.69, 9.17) is 4.74 Å². The summed E-state index contributed by atoms with van der Waals surface area (Å²) in [5, 5.41) is 2.90. The van der Waals surface area contributed by atoms with Gasteiger partial charge in [0, 0.05) is 5.69 Å². The van der Waals surface area contributed by atoms with E-state index in [9.17, 15) is 4.79 Å². The van der Waals surface area contributed by atoms with Gasteiger partial charge in [-0.25, -0.2) is 0 Å². The Morgan fingerprint density at radius 2 is 1.59 bits per heavy atom. The van der Waals surface area contributed by atoms with Crippen LogP contribution in [0.2, 0.25) is 0 Å². The summed E-state index contributed by atoms with van der Waals surface area (Å²) in [6, 6.07) is 15.4. The van der Waals surface area contributed by atoms with Crippen LogP contribution in [0.1, 0.15) is 44.7 Å². The lowest BCUT2D eigenvalue weighted by molar-refractivity contribution is -0.116. The largest absolute Gasteiger partial charge is 0.497 e. The topological polar surface area (TPSA) is 38.3 Å². The predicted octanol–water partition coefficient (Wildman–Crippen LogP) is 4.83. The van der Waals surface area contributed by atoms with Crippen molar-refractivity contribution in [3.8, 4) is 5.75 Å². The van der Waals surface area contributed by atoms with Crippen LogP contribution in [0.5, 0.6) is 5.75 Å². The van der Waals surface area contributed by atoms with Gasteiger partial charge in [0.2, 0.25) is 5.91 Å². The number of carbonyl (C=O) groups excluding carboxylic acids is 1. The first-order valence-electron chi connectivity index (χ1n) is 7.83. The van der Waals surface area contributed by atoms with E-state index in [-0.39, 0.29) is 11.8 Å². The van der Waals surface area contributed by atoms with Gasteiger partial charge in [-0.05, 0) is 29.3 Å². The molecule has 3 heteroatoms. The average molecular weight is 299 g/mol. The summed E-state index contributed by atoms with van der Waals surface area (Å²) in [7, 11) is 1.63. The third-order valence-electron chi connectivity index (χ3n) is 3.22. The standard InChI is InChI=1S/C15H13NO2.2C2H6/c1-18-11-7-8-13-12(9-11)14(15(17)16-13)10-5-3-2-4-6-10;2*1-2/h2-9,14H,1H3,(H,16,17);2*1-2H3. The van der Waals surface area contributed by atoms with Crippen molar-refractivity contribution < 1.29 is 9.53 Å². The number of amides is 1. The van der Waals surface area contributed by atoms with Gasteiger partial charge < -0.3 is 10.1 Å². The monoisotopic (exact) mass is 299 g/mol. The molecule has 1 aliphatic rings. The van der Waals surface area contributed by atoms with Crippen LogP contribution in [0.25, 0.3) is 0 Å². The molecule has 2 aromatic carbocycles. The molecule has 0 fully saturated rings. The number of hydrogen-bond donors (Lipinski definition) is 1. The van der Waals surface area contributed by atoms with Crippen molar-refractivity contribution in [3.63, 3.8) is 0 Å². The lowest BCUT2D eigenvalue weighted by atomic mass is 9.92. The number of hydrogen-bond acceptors (Lipinski definition) is 2. The van der Waals surface area contributed by atoms with Gasteiger partial charge in [-0.15, -0.1) is 0 Å². The minimum atomic E-state index is -0.240. The molecule has 1 aliphatic heterocycles. The van der Waals surface area contributed by atoms with E-state index < -0.39 is 0 Å². The molecule has 0 aliphatic carbocycles. The zero-order chi connectivity index (χ0) is 16.5. The number of rotatable bonds is 2. The molecule has 118 valence electrons. The quantitative estimate of drug-likeness (QED) is 0.862. The molecule has 0 radical (unpaired) electrons. The molecule has 1 N–H and O–H groups in total. The van der Waals surface area contributed by atoms with E-state index in [2.05, 4.69) is 5.32 Å². The number of nitrogens with one attached hydrogen (secondary N) is 1. The first kappa shape index (κ1) is 17.8. The summed E-state index contributed by atoms with van der Waals surface area (Å²) in [5.41, 5.74) is 2.85. The van der Waals surface area contributed by atoms with E-state index in [1.54, 1.807) is 7.11 Å². The molecule has 1 unspecified atom stereocenters. The first-order valence-corrected chi connectivity index (χ1v) is 7.83. The minimum Gasteiger partial charge on any atom is -0.497 e. The Labute approximate surface area is 133 Å². The SMILES string of the molecule is CC.CC.COc1ccc2c(c1)C(c1ccccc1)C(=O)N2. The second-order valence-electron chi connectivity index (χ2n) is 4.29. The summed E-state index contributed by atoms with van der Waals surface area (Å²) in [6.07, 6.45) is 0. The minimum absolute atomic E-state index is 0.0180. The van der Waals surface area contributed by atoms with Gasteiger partial charge in [0.05, 0.1) is 13.0 Å². The Balaban J connectivity index is 0.000000561. The molecule has 3 rings (SSSR count). The molecular weight excluding hydrogens is 274 g/mol. The van der Waals surface area contributed by atoms with Gasteiger partial charge in [0.25, 0.3) is 0 Å². The second kappa shape index (κ2) is 8.88. The summed E-state index contributed by atoms with van der Waals surface area (Å²) in [6.45, 7) is 8.00. The van der Waals surface area contributed by atoms with E-state index >= 15 is 0 Å². The molecule has 0 saturated carbocycles. The molecule has 22 heavy (non-hydrogen) atoms. The fourth-order valence-electron chi connectivity index (χ4n) is 2.34. The van der Waals surface area contributed by atoms with E-state index in [1.165, 1.54) is 0 Å². The van der Waals surface area contributed by atoms with Crippen molar-refractivity contribution in [2.75, 3.05) is 12.4 Å². The Bertz CT molecular complexity index is 594. The zero-order valence-corrected chi connectivity index (χ0v) is 14.0. The lowest BCUT2D eigenvalue weighted by Crippen LogP contribution is -2.12. The number of benzene rings is 2. The molecule has 1 atom stereocenters. The molecule has 0 aromatic heterocycles. The highest BCUT2D eigenvalue weighted by Crippen LogP contribution is 2.38. The van der Waals surface area contributed by atoms with Crippen LogP contribution in [0, 0.1) is 0 Å². The number of ether oxygens (including phenoxy) is 1. The number of fused-ring (bicyclic) bond motifs is 1. The van der Waals surface area contributed by atoms with Crippen molar-refractivity contribution in [3.05, 3.63) is 59.7 Å². The molecule has 0 bridgehead atoms. The fourth-order valence-corrected chi connectivity index (χ4v) is 2.34. The summed E-state index contributed by atoms with van der Waals surface area (Å²) >= 11 is 0. The Kier molecular flexibility index (Phi) is 7.17. The van der Waals surface area contributed by atoms with Gasteiger partial charge in [0.15, 0.2) is 0 Å². The third kappa shape index (κ3) is 3.67. The van der Waals surface area contributed by atoms with E-state index in [0.29, 0.717) is 0 Å². The highest BCUT2D eigenvalue weighted by Gasteiger charge is 2.31. The number of methoxy groups -OCH3 is 1. The fraction of sp³-hybridized carbons (Fsp3) is 0.316. The zero-order valence-electron chi connectivity index (χ0n) is 14.0. The van der Waals surface area contributed by atoms with Gasteiger partial charge >= 0.3 is 0 Å². The van der Waals surface area contributed by atoms with Crippen LogP contribution in [0.4, 0.5) is 5.69 Å². The Morgan fingerprint density at radius 3 is 2.18 bits per heavy atom. The highest BCUT2D eigenvalue weighted by molar-refractivity contribution is 6.05. The van der Waals surface area contributed by atoms with E-state index in [0.717, 1.165) is 22.6 Å². The third-order valence-corrected chi connectivity index (χ3v) is 3.22. The van der Waals surface area contributed by atoms with Crippen LogP contribution in [-0.2, 0) is 4.79 Å². The second-order valence-corrected chi connectivity index (χ2v) is 4.29. The molecule has 3 nitrogen and oxygen atoms in total. The summed E-state index contributed by atoms with van der Waals surface area (Å²) in [5.74, 6) is 0.548. The van der Waals surface area contributed by atoms with Crippen molar-refractivity contribution in [2.24, 2.45) is 0 Å². The molecule has 2 aromatic rings. The van der Waals surface area contributed by atoms with Crippen LogP contribution in [-0.4, -0.2) is 13.0 Å². The maximum atomic E-state index is 12.1. The summed E-state index contributed by atoms with van der Waals surface area (Å²) < 4.78 is 5.22. The van der Waals surface area contributed by atoms with Crippen LogP contribution < -0.4 is 10.1 Å². The average Bonchev–Trinajstić information content (AvgIpc) is 2.94. The molecule has 1 amide bonds.